The van der Waals surface area contributed by atoms with Crippen molar-refractivity contribution in [3.63, 3.8) is 0 Å². The Labute approximate surface area is 212 Å². The molecule has 4 rings (SSSR count). The fraction of sp³-hybridized carbons (Fsp3) is 0.194. The summed E-state index contributed by atoms with van der Waals surface area (Å²) in [6.45, 7) is 8.58. The number of nitrogens with one attached hydrogen (secondary N) is 1. The van der Waals surface area contributed by atoms with Crippen molar-refractivity contribution in [2.75, 3.05) is 5.32 Å². The maximum Gasteiger partial charge on any atom is 0.255 e. The minimum atomic E-state index is -0.283. The van der Waals surface area contributed by atoms with Gasteiger partial charge in [0.2, 0.25) is 0 Å². The number of benzene rings is 3. The molecule has 0 fully saturated rings. The molecule has 0 spiro atoms. The summed E-state index contributed by atoms with van der Waals surface area (Å²) >= 11 is 0. The van der Waals surface area contributed by atoms with Gasteiger partial charge in [0.25, 0.3) is 5.91 Å². The van der Waals surface area contributed by atoms with E-state index in [9.17, 15) is 10.1 Å². The zero-order chi connectivity index (χ0) is 25.7. The van der Waals surface area contributed by atoms with Gasteiger partial charge in [0.15, 0.2) is 0 Å². The number of ether oxygens (including phenoxy) is 1. The number of hydrogen-bond acceptors (Lipinski definition) is 4. The largest absolute Gasteiger partial charge is 0.489 e. The van der Waals surface area contributed by atoms with E-state index in [2.05, 4.69) is 37.1 Å². The van der Waals surface area contributed by atoms with Gasteiger partial charge in [-0.2, -0.15) is 5.26 Å². The first kappa shape index (κ1) is 24.7. The predicted octanol–water partition coefficient (Wildman–Crippen LogP) is 7.06. The number of aryl methyl sites for hydroxylation is 1. The van der Waals surface area contributed by atoms with Crippen LogP contribution in [0.4, 0.5) is 5.69 Å². The lowest BCUT2D eigenvalue weighted by Crippen LogP contribution is -2.16. The molecule has 5 nitrogen and oxygen atoms in total. The van der Waals surface area contributed by atoms with Gasteiger partial charge in [-0.05, 0) is 65.4 Å². The molecule has 0 saturated carbocycles. The van der Waals surface area contributed by atoms with Crippen molar-refractivity contribution in [1.29, 1.82) is 5.26 Å². The Balaban J connectivity index is 1.56. The van der Waals surface area contributed by atoms with Crippen LogP contribution in [0.2, 0.25) is 0 Å². The van der Waals surface area contributed by atoms with Crippen LogP contribution in [0, 0.1) is 18.3 Å². The highest BCUT2D eigenvalue weighted by Crippen LogP contribution is 2.29. The van der Waals surface area contributed by atoms with Gasteiger partial charge < -0.3 is 10.1 Å². The summed E-state index contributed by atoms with van der Waals surface area (Å²) in [5, 5.41) is 12.4. The van der Waals surface area contributed by atoms with Crippen molar-refractivity contribution in [2.24, 2.45) is 0 Å². The molecule has 1 amide bonds. The predicted molar refractivity (Wildman–Crippen MR) is 143 cm³/mol. The first-order valence-corrected chi connectivity index (χ1v) is 11.8. The number of pyridine rings is 1. The summed E-state index contributed by atoms with van der Waals surface area (Å²) < 4.78 is 5.99. The number of hydrogen-bond donors (Lipinski definition) is 1. The van der Waals surface area contributed by atoms with E-state index in [0.29, 0.717) is 23.4 Å². The molecule has 5 heteroatoms. The minimum absolute atomic E-state index is 0.186. The Bertz CT molecular complexity index is 1430. The average Bonchev–Trinajstić information content (AvgIpc) is 2.88. The lowest BCUT2D eigenvalue weighted by atomic mass is 9.85. The zero-order valence-corrected chi connectivity index (χ0v) is 21.0. The molecule has 36 heavy (non-hydrogen) atoms. The Morgan fingerprint density at radius 2 is 1.78 bits per heavy atom. The zero-order valence-electron chi connectivity index (χ0n) is 21.0. The Kier molecular flexibility index (Phi) is 7.17. The SMILES string of the molecule is Cc1ncc(NC(=O)c2cc(C#N)cc(C(C)(C)C)c2)cc1-c1cccc(OCc2ccccc2)c1. The van der Waals surface area contributed by atoms with Crippen LogP contribution in [0.15, 0.2) is 85.1 Å². The van der Waals surface area contributed by atoms with Crippen molar-refractivity contribution in [3.8, 4) is 22.9 Å². The van der Waals surface area contributed by atoms with Crippen LogP contribution in [0.5, 0.6) is 5.75 Å². The Hall–Kier alpha value is -4.43. The molecule has 0 atom stereocenters. The summed E-state index contributed by atoms with van der Waals surface area (Å²) in [4.78, 5) is 17.6. The van der Waals surface area contributed by atoms with Gasteiger partial charge in [0, 0.05) is 16.8 Å². The molecule has 180 valence electrons. The molecular formula is C31H29N3O2. The summed E-state index contributed by atoms with van der Waals surface area (Å²) in [5.74, 6) is 0.474. The van der Waals surface area contributed by atoms with E-state index in [0.717, 1.165) is 33.7 Å². The normalized spacial score (nSPS) is 11.0. The van der Waals surface area contributed by atoms with Crippen LogP contribution in [-0.4, -0.2) is 10.9 Å². The lowest BCUT2D eigenvalue weighted by molar-refractivity contribution is 0.102. The van der Waals surface area contributed by atoms with Crippen LogP contribution in [0.3, 0.4) is 0 Å². The molecule has 0 saturated heterocycles. The first-order chi connectivity index (χ1) is 17.2. The second-order valence-electron chi connectivity index (χ2n) is 9.77. The molecule has 1 N–H and O–H groups in total. The fourth-order valence-electron chi connectivity index (χ4n) is 3.85. The summed E-state index contributed by atoms with van der Waals surface area (Å²) in [5.41, 5.74) is 6.02. The minimum Gasteiger partial charge on any atom is -0.489 e. The van der Waals surface area contributed by atoms with E-state index >= 15 is 0 Å². The number of anilines is 1. The third-order valence-corrected chi connectivity index (χ3v) is 5.93. The van der Waals surface area contributed by atoms with Gasteiger partial charge >= 0.3 is 0 Å². The number of nitrogens with zero attached hydrogens (tertiary/aromatic N) is 2. The Morgan fingerprint density at radius 1 is 1.00 bits per heavy atom. The molecule has 0 unspecified atom stereocenters. The topological polar surface area (TPSA) is 75.0 Å². The lowest BCUT2D eigenvalue weighted by Gasteiger charge is -2.20. The van der Waals surface area contributed by atoms with Crippen LogP contribution < -0.4 is 10.1 Å². The molecule has 0 bridgehead atoms. The quantitative estimate of drug-likeness (QED) is 0.324. The average molecular weight is 476 g/mol. The number of aromatic nitrogens is 1. The molecule has 0 aliphatic carbocycles. The fourth-order valence-corrected chi connectivity index (χ4v) is 3.85. The highest BCUT2D eigenvalue weighted by molar-refractivity contribution is 6.04. The standard InChI is InChI=1S/C31H29N3O2/c1-21-29(24-11-8-12-28(16-24)36-20-22-9-6-5-7-10-22)17-27(19-33-21)34-30(35)25-13-23(18-32)14-26(15-25)31(2,3)4/h5-17,19H,20H2,1-4H3,(H,34,35). The highest BCUT2D eigenvalue weighted by atomic mass is 16.5. The van der Waals surface area contributed by atoms with Crippen molar-refractivity contribution >= 4 is 11.6 Å². The van der Waals surface area contributed by atoms with Crippen molar-refractivity contribution in [3.05, 3.63) is 113 Å². The summed E-state index contributed by atoms with van der Waals surface area (Å²) in [6, 6.07) is 27.2. The molecule has 1 heterocycles. The highest BCUT2D eigenvalue weighted by Gasteiger charge is 2.18. The second kappa shape index (κ2) is 10.5. The molecule has 3 aromatic carbocycles. The van der Waals surface area contributed by atoms with E-state index in [1.165, 1.54) is 0 Å². The van der Waals surface area contributed by atoms with Gasteiger partial charge in [-0.3, -0.25) is 9.78 Å². The van der Waals surface area contributed by atoms with Gasteiger partial charge in [-0.1, -0.05) is 63.2 Å². The van der Waals surface area contributed by atoms with E-state index < -0.39 is 0 Å². The van der Waals surface area contributed by atoms with E-state index in [-0.39, 0.29) is 11.3 Å². The van der Waals surface area contributed by atoms with Crippen molar-refractivity contribution in [2.45, 2.75) is 39.7 Å². The molecular weight excluding hydrogens is 446 g/mol. The van der Waals surface area contributed by atoms with Gasteiger partial charge in [0.05, 0.1) is 23.5 Å². The van der Waals surface area contributed by atoms with Crippen molar-refractivity contribution < 1.29 is 9.53 Å². The third-order valence-electron chi connectivity index (χ3n) is 5.93. The number of carbonyl (C=O) groups excluding carboxylic acids is 1. The maximum absolute atomic E-state index is 13.1. The molecule has 4 aromatic rings. The van der Waals surface area contributed by atoms with Crippen molar-refractivity contribution in [1.82, 2.24) is 4.98 Å². The molecule has 0 aliphatic heterocycles. The van der Waals surface area contributed by atoms with Crippen LogP contribution in [0.1, 0.15) is 53.5 Å². The van der Waals surface area contributed by atoms with Crippen LogP contribution in [-0.2, 0) is 12.0 Å². The Morgan fingerprint density at radius 3 is 2.50 bits per heavy atom. The molecule has 0 aliphatic rings. The van der Waals surface area contributed by atoms with Crippen LogP contribution >= 0.6 is 0 Å². The summed E-state index contributed by atoms with van der Waals surface area (Å²) in [7, 11) is 0. The van der Waals surface area contributed by atoms with E-state index in [4.69, 9.17) is 4.74 Å². The monoisotopic (exact) mass is 475 g/mol. The maximum atomic E-state index is 13.1. The smallest absolute Gasteiger partial charge is 0.255 e. The number of amides is 1. The third kappa shape index (κ3) is 5.97. The first-order valence-electron chi connectivity index (χ1n) is 11.8. The number of carbonyl (C=O) groups is 1. The number of nitriles is 1. The van der Waals surface area contributed by atoms with Gasteiger partial charge in [-0.15, -0.1) is 0 Å². The van der Waals surface area contributed by atoms with Gasteiger partial charge in [0.1, 0.15) is 12.4 Å². The van der Waals surface area contributed by atoms with E-state index in [1.54, 1.807) is 12.3 Å². The van der Waals surface area contributed by atoms with Gasteiger partial charge in [-0.25, -0.2) is 0 Å². The van der Waals surface area contributed by atoms with E-state index in [1.807, 2.05) is 79.7 Å². The second-order valence-corrected chi connectivity index (χ2v) is 9.77. The molecule has 1 aromatic heterocycles. The molecule has 0 radical (unpaired) electrons. The summed E-state index contributed by atoms with van der Waals surface area (Å²) in [6.07, 6.45) is 1.64. The number of rotatable bonds is 6. The van der Waals surface area contributed by atoms with Crippen LogP contribution in [0.25, 0.3) is 11.1 Å².